The number of benzene rings is 2. The molecular formula is C22H22ClN5O3. The molecule has 160 valence electrons. The predicted molar refractivity (Wildman–Crippen MR) is 121 cm³/mol. The molecule has 0 aliphatic carbocycles. The van der Waals surface area contributed by atoms with Crippen LogP contribution < -0.4 is 15.4 Å². The lowest BCUT2D eigenvalue weighted by molar-refractivity contribution is -0.0796. The zero-order valence-corrected chi connectivity index (χ0v) is 17.7. The molecule has 1 aliphatic rings. The highest BCUT2D eigenvalue weighted by Gasteiger charge is 2.21. The van der Waals surface area contributed by atoms with E-state index in [-0.39, 0.29) is 12.0 Å². The third-order valence-electron chi connectivity index (χ3n) is 4.85. The Kier molecular flexibility index (Phi) is 6.20. The van der Waals surface area contributed by atoms with Gasteiger partial charge in [0.2, 0.25) is 0 Å². The summed E-state index contributed by atoms with van der Waals surface area (Å²) in [6, 6.07) is 14.4. The minimum absolute atomic E-state index is 0.00644. The molecule has 1 amide bonds. The lowest BCUT2D eigenvalue weighted by Crippen LogP contribution is -2.38. The number of nitrogens with one attached hydrogen (secondary N) is 2. The van der Waals surface area contributed by atoms with Crippen molar-refractivity contribution in [3.63, 3.8) is 0 Å². The number of amides is 1. The Balaban J connectivity index is 1.39. The van der Waals surface area contributed by atoms with E-state index in [9.17, 15) is 4.79 Å². The summed E-state index contributed by atoms with van der Waals surface area (Å²) < 4.78 is 12.5. The number of carbonyl (C=O) groups excluding carboxylic acids is 1. The van der Waals surface area contributed by atoms with Crippen LogP contribution in [-0.2, 0) is 18.3 Å². The van der Waals surface area contributed by atoms with Gasteiger partial charge in [-0.15, -0.1) is 0 Å². The first-order valence-electron chi connectivity index (χ1n) is 9.71. The van der Waals surface area contributed by atoms with Gasteiger partial charge in [0.15, 0.2) is 5.82 Å². The normalized spacial score (nSPS) is 13.4. The van der Waals surface area contributed by atoms with Crippen molar-refractivity contribution in [2.24, 2.45) is 12.0 Å². The van der Waals surface area contributed by atoms with E-state index < -0.39 is 0 Å². The highest BCUT2D eigenvalue weighted by molar-refractivity contribution is 6.32. The molecule has 1 aromatic heterocycles. The van der Waals surface area contributed by atoms with Gasteiger partial charge in [-0.05, 0) is 37.0 Å². The number of anilines is 2. The second-order valence-corrected chi connectivity index (χ2v) is 7.46. The third kappa shape index (κ3) is 4.87. The van der Waals surface area contributed by atoms with E-state index in [1.165, 1.54) is 0 Å². The zero-order valence-electron chi connectivity index (χ0n) is 17.0. The summed E-state index contributed by atoms with van der Waals surface area (Å²) in [5.74, 6) is 0.675. The molecule has 31 heavy (non-hydrogen) atoms. The Labute approximate surface area is 184 Å². The third-order valence-corrected chi connectivity index (χ3v) is 5.14. The fraction of sp³-hybridized carbons (Fsp3) is 0.227. The van der Waals surface area contributed by atoms with Crippen molar-refractivity contribution >= 4 is 41.4 Å². The quantitative estimate of drug-likeness (QED) is 0.517. The molecule has 2 N–H and O–H groups in total. The molecule has 1 saturated heterocycles. The second kappa shape index (κ2) is 9.20. The van der Waals surface area contributed by atoms with E-state index in [4.69, 9.17) is 21.1 Å². The van der Waals surface area contributed by atoms with Gasteiger partial charge in [-0.3, -0.25) is 14.5 Å². The fourth-order valence-electron chi connectivity index (χ4n) is 3.07. The fourth-order valence-corrected chi connectivity index (χ4v) is 3.29. The minimum atomic E-state index is -0.306. The first-order chi connectivity index (χ1) is 15.0. The van der Waals surface area contributed by atoms with Crippen LogP contribution in [0, 0.1) is 0 Å². The lowest BCUT2D eigenvalue weighted by atomic mass is 10.2. The monoisotopic (exact) mass is 439 g/mol. The number of halogens is 1. The molecule has 8 nitrogen and oxygen atoms in total. The molecule has 2 aromatic carbocycles. The van der Waals surface area contributed by atoms with Crippen LogP contribution in [0.5, 0.6) is 5.75 Å². The molecule has 0 radical (unpaired) electrons. The maximum absolute atomic E-state index is 12.6. The van der Waals surface area contributed by atoms with Crippen LogP contribution in [0.3, 0.4) is 0 Å². The molecule has 0 saturated carbocycles. The predicted octanol–water partition coefficient (Wildman–Crippen LogP) is 4.05. The van der Waals surface area contributed by atoms with Gasteiger partial charge in [0.25, 0.3) is 5.91 Å². The van der Waals surface area contributed by atoms with E-state index in [1.807, 2.05) is 37.4 Å². The molecule has 0 spiro atoms. The van der Waals surface area contributed by atoms with Crippen LogP contribution >= 0.6 is 11.6 Å². The molecule has 1 aliphatic heterocycles. The lowest BCUT2D eigenvalue weighted by Gasteiger charge is -2.27. The molecule has 2 heterocycles. The highest BCUT2D eigenvalue weighted by atomic mass is 35.5. The summed E-state index contributed by atoms with van der Waals surface area (Å²) in [7, 11) is 1.82. The van der Waals surface area contributed by atoms with Gasteiger partial charge in [0, 0.05) is 18.7 Å². The smallest absolute Gasteiger partial charge is 0.256 e. The Morgan fingerprint density at radius 3 is 2.84 bits per heavy atom. The summed E-state index contributed by atoms with van der Waals surface area (Å²) >= 11 is 6.27. The van der Waals surface area contributed by atoms with Crippen molar-refractivity contribution in [2.75, 3.05) is 23.8 Å². The van der Waals surface area contributed by atoms with Crippen LogP contribution in [0.1, 0.15) is 16.1 Å². The van der Waals surface area contributed by atoms with Crippen molar-refractivity contribution in [2.45, 2.75) is 12.6 Å². The van der Waals surface area contributed by atoms with E-state index in [1.54, 1.807) is 22.9 Å². The van der Waals surface area contributed by atoms with Crippen molar-refractivity contribution < 1.29 is 14.3 Å². The van der Waals surface area contributed by atoms with Gasteiger partial charge in [0.1, 0.15) is 11.9 Å². The summed E-state index contributed by atoms with van der Waals surface area (Å²) in [5.41, 5.74) is 2.94. The van der Waals surface area contributed by atoms with Crippen LogP contribution in [0.15, 0.2) is 53.5 Å². The summed E-state index contributed by atoms with van der Waals surface area (Å²) in [4.78, 5) is 16.6. The van der Waals surface area contributed by atoms with Gasteiger partial charge >= 0.3 is 0 Å². The molecule has 3 aromatic rings. The van der Waals surface area contributed by atoms with Crippen LogP contribution in [0.2, 0.25) is 5.02 Å². The topological polar surface area (TPSA) is 89.8 Å². The van der Waals surface area contributed by atoms with Crippen molar-refractivity contribution in [3.8, 4) is 5.75 Å². The van der Waals surface area contributed by atoms with E-state index in [0.717, 1.165) is 17.1 Å². The Bertz CT molecular complexity index is 1110. The summed E-state index contributed by atoms with van der Waals surface area (Å²) in [6.45, 7) is 5.19. The van der Waals surface area contributed by atoms with Crippen LogP contribution in [-0.4, -0.2) is 41.7 Å². The SMILES string of the molecule is C=Nc1ccccc1NCc1cc(NC(=O)c2ccc(OC3COC3)c(Cl)c2)nn1C. The molecule has 4 rings (SSSR count). The standard InChI is InChI=1S/C22H22ClN5O3/c1-24-18-5-3-4-6-19(18)25-11-15-10-21(27-28(15)2)26-22(29)14-7-8-20(17(23)9-14)31-16-12-30-13-16/h3-10,16,25H,1,11-13H2,2H3,(H,26,27,29). The first kappa shape index (κ1) is 20.9. The molecule has 0 unspecified atom stereocenters. The van der Waals surface area contributed by atoms with Gasteiger partial charge in [0.05, 0.1) is 41.8 Å². The number of nitrogens with zero attached hydrogens (tertiary/aromatic N) is 3. The maximum Gasteiger partial charge on any atom is 0.256 e. The molecule has 0 atom stereocenters. The minimum Gasteiger partial charge on any atom is -0.484 e. The highest BCUT2D eigenvalue weighted by Crippen LogP contribution is 2.28. The number of para-hydroxylation sites is 2. The largest absolute Gasteiger partial charge is 0.484 e. The van der Waals surface area contributed by atoms with Gasteiger partial charge in [-0.1, -0.05) is 23.7 Å². The molecule has 0 bridgehead atoms. The number of rotatable bonds is 8. The molecule has 9 heteroatoms. The molecular weight excluding hydrogens is 418 g/mol. The van der Waals surface area contributed by atoms with E-state index in [2.05, 4.69) is 27.4 Å². The van der Waals surface area contributed by atoms with Gasteiger partial charge in [-0.25, -0.2) is 0 Å². The van der Waals surface area contributed by atoms with E-state index in [0.29, 0.717) is 41.9 Å². The zero-order chi connectivity index (χ0) is 21.8. The average Bonchev–Trinajstić information content (AvgIpc) is 3.08. The van der Waals surface area contributed by atoms with Crippen molar-refractivity contribution in [1.82, 2.24) is 9.78 Å². The van der Waals surface area contributed by atoms with Crippen molar-refractivity contribution in [1.29, 1.82) is 0 Å². The van der Waals surface area contributed by atoms with Gasteiger partial charge < -0.3 is 20.1 Å². The average molecular weight is 440 g/mol. The van der Waals surface area contributed by atoms with Gasteiger partial charge in [-0.2, -0.15) is 5.10 Å². The number of hydrogen-bond acceptors (Lipinski definition) is 6. The number of aryl methyl sites for hydroxylation is 1. The Morgan fingerprint density at radius 1 is 1.32 bits per heavy atom. The number of carbonyl (C=O) groups is 1. The second-order valence-electron chi connectivity index (χ2n) is 7.05. The summed E-state index contributed by atoms with van der Waals surface area (Å²) in [6.07, 6.45) is 0.00644. The first-order valence-corrected chi connectivity index (χ1v) is 10.1. The van der Waals surface area contributed by atoms with Crippen molar-refractivity contribution in [3.05, 3.63) is 64.8 Å². The number of aliphatic imine (C=N–C) groups is 1. The van der Waals surface area contributed by atoms with Crippen LogP contribution in [0.4, 0.5) is 17.2 Å². The van der Waals surface area contributed by atoms with E-state index >= 15 is 0 Å². The number of ether oxygens (including phenoxy) is 2. The number of aromatic nitrogens is 2. The number of hydrogen-bond donors (Lipinski definition) is 2. The van der Waals surface area contributed by atoms with Crippen LogP contribution in [0.25, 0.3) is 0 Å². The Morgan fingerprint density at radius 2 is 2.13 bits per heavy atom. The molecule has 1 fully saturated rings. The summed E-state index contributed by atoms with van der Waals surface area (Å²) in [5, 5.41) is 10.9. The maximum atomic E-state index is 12.6. The Hall–Kier alpha value is -3.36.